The summed E-state index contributed by atoms with van der Waals surface area (Å²) in [5.74, 6) is -1.04. The Hall–Kier alpha value is -1.82. The van der Waals surface area contributed by atoms with Crippen molar-refractivity contribution in [1.29, 1.82) is 0 Å². The molecule has 0 saturated carbocycles. The van der Waals surface area contributed by atoms with Crippen molar-refractivity contribution in [3.8, 4) is 5.75 Å². The minimum Gasteiger partial charge on any atom is -0.481 e. The summed E-state index contributed by atoms with van der Waals surface area (Å²) < 4.78 is 5.35. The molecule has 0 aliphatic rings. The SMILES string of the molecule is CC(Oc1ccsc1C(=O)O)C(=O)C=CN(C)C. The summed E-state index contributed by atoms with van der Waals surface area (Å²) in [7, 11) is 3.60. The van der Waals surface area contributed by atoms with Gasteiger partial charge in [-0.3, -0.25) is 4.79 Å². The fourth-order valence-electron chi connectivity index (χ4n) is 1.15. The minimum atomic E-state index is -1.05. The highest BCUT2D eigenvalue weighted by atomic mass is 32.1. The van der Waals surface area contributed by atoms with Gasteiger partial charge in [0.2, 0.25) is 0 Å². The van der Waals surface area contributed by atoms with Crippen molar-refractivity contribution in [2.75, 3.05) is 14.1 Å². The molecule has 1 aromatic heterocycles. The summed E-state index contributed by atoms with van der Waals surface area (Å²) in [6.07, 6.45) is 2.31. The van der Waals surface area contributed by atoms with Gasteiger partial charge < -0.3 is 14.7 Å². The Bertz CT molecular complexity index is 464. The molecule has 98 valence electrons. The molecule has 5 nitrogen and oxygen atoms in total. The van der Waals surface area contributed by atoms with Crippen molar-refractivity contribution in [2.24, 2.45) is 0 Å². The lowest BCUT2D eigenvalue weighted by Crippen LogP contribution is -2.23. The third-order valence-corrected chi connectivity index (χ3v) is 2.95. The quantitative estimate of drug-likeness (QED) is 0.798. The predicted molar refractivity (Wildman–Crippen MR) is 69.2 cm³/mol. The van der Waals surface area contributed by atoms with Crippen LogP contribution in [0.1, 0.15) is 16.6 Å². The minimum absolute atomic E-state index is 0.103. The van der Waals surface area contributed by atoms with Gasteiger partial charge in [0.1, 0.15) is 5.75 Å². The van der Waals surface area contributed by atoms with E-state index in [9.17, 15) is 9.59 Å². The molecule has 0 aromatic carbocycles. The van der Waals surface area contributed by atoms with Gasteiger partial charge in [-0.05, 0) is 18.4 Å². The topological polar surface area (TPSA) is 66.8 Å². The molecule has 6 heteroatoms. The Morgan fingerprint density at radius 1 is 1.50 bits per heavy atom. The fraction of sp³-hybridized carbons (Fsp3) is 0.333. The van der Waals surface area contributed by atoms with Crippen LogP contribution in [0, 0.1) is 0 Å². The van der Waals surface area contributed by atoms with Crippen LogP contribution in [-0.4, -0.2) is 42.0 Å². The average molecular weight is 269 g/mol. The largest absolute Gasteiger partial charge is 0.481 e. The van der Waals surface area contributed by atoms with E-state index >= 15 is 0 Å². The Morgan fingerprint density at radius 2 is 2.17 bits per heavy atom. The molecule has 1 aromatic rings. The summed E-state index contributed by atoms with van der Waals surface area (Å²) in [4.78, 5) is 24.4. The Morgan fingerprint density at radius 3 is 2.72 bits per heavy atom. The number of carboxylic acid groups (broad SMARTS) is 1. The maximum absolute atomic E-state index is 11.7. The van der Waals surface area contributed by atoms with Gasteiger partial charge in [-0.1, -0.05) is 0 Å². The average Bonchev–Trinajstić information content (AvgIpc) is 2.73. The molecule has 0 aliphatic carbocycles. The fourth-order valence-corrected chi connectivity index (χ4v) is 1.81. The first-order valence-electron chi connectivity index (χ1n) is 5.27. The van der Waals surface area contributed by atoms with Crippen LogP contribution >= 0.6 is 11.3 Å². The molecule has 1 rings (SSSR count). The summed E-state index contributed by atoms with van der Waals surface area (Å²) in [6.45, 7) is 1.59. The van der Waals surface area contributed by atoms with Gasteiger partial charge in [0, 0.05) is 26.4 Å². The van der Waals surface area contributed by atoms with Crippen LogP contribution in [-0.2, 0) is 4.79 Å². The van der Waals surface area contributed by atoms with Crippen LogP contribution in [0.15, 0.2) is 23.7 Å². The number of carboxylic acids is 1. The van der Waals surface area contributed by atoms with Gasteiger partial charge in [0.15, 0.2) is 16.8 Å². The first kappa shape index (κ1) is 14.2. The molecule has 0 saturated heterocycles. The molecule has 0 bridgehead atoms. The molecule has 0 radical (unpaired) electrons. The van der Waals surface area contributed by atoms with Crippen molar-refractivity contribution < 1.29 is 19.4 Å². The van der Waals surface area contributed by atoms with E-state index in [-0.39, 0.29) is 16.4 Å². The molecule has 1 heterocycles. The van der Waals surface area contributed by atoms with Crippen molar-refractivity contribution in [3.63, 3.8) is 0 Å². The van der Waals surface area contributed by atoms with Crippen LogP contribution in [0.2, 0.25) is 0 Å². The van der Waals surface area contributed by atoms with Crippen LogP contribution in [0.4, 0.5) is 0 Å². The van der Waals surface area contributed by atoms with Crippen LogP contribution < -0.4 is 4.74 Å². The molecular weight excluding hydrogens is 254 g/mol. The predicted octanol–water partition coefficient (Wildman–Crippen LogP) is 1.86. The third-order valence-electron chi connectivity index (χ3n) is 2.06. The van der Waals surface area contributed by atoms with Gasteiger partial charge in [0.05, 0.1) is 0 Å². The molecule has 0 spiro atoms. The van der Waals surface area contributed by atoms with E-state index in [1.165, 1.54) is 6.08 Å². The van der Waals surface area contributed by atoms with Crippen molar-refractivity contribution in [3.05, 3.63) is 28.6 Å². The number of rotatable bonds is 6. The normalized spacial score (nSPS) is 12.4. The lowest BCUT2D eigenvalue weighted by atomic mass is 10.2. The zero-order valence-corrected chi connectivity index (χ0v) is 11.2. The zero-order valence-electron chi connectivity index (χ0n) is 10.4. The second kappa shape index (κ2) is 6.20. The number of thiophene rings is 1. The van der Waals surface area contributed by atoms with Crippen LogP contribution in [0.3, 0.4) is 0 Å². The van der Waals surface area contributed by atoms with Gasteiger partial charge in [0.25, 0.3) is 0 Å². The number of nitrogens with zero attached hydrogens (tertiary/aromatic N) is 1. The van der Waals surface area contributed by atoms with Gasteiger partial charge in [-0.15, -0.1) is 11.3 Å². The number of ether oxygens (including phenoxy) is 1. The Labute approximate surface area is 109 Å². The van der Waals surface area contributed by atoms with Crippen molar-refractivity contribution in [1.82, 2.24) is 4.90 Å². The molecule has 1 N–H and O–H groups in total. The number of hydrogen-bond donors (Lipinski definition) is 1. The second-order valence-corrected chi connectivity index (χ2v) is 4.78. The monoisotopic (exact) mass is 269 g/mol. The number of ketones is 1. The standard InChI is InChI=1S/C12H15NO4S/c1-8(9(14)4-6-13(2)3)17-10-5-7-18-11(10)12(15)16/h4-8H,1-3H3,(H,15,16). The Kier molecular flexibility index (Phi) is 4.91. The van der Waals surface area contributed by atoms with Crippen LogP contribution in [0.5, 0.6) is 5.75 Å². The lowest BCUT2D eigenvalue weighted by Gasteiger charge is -2.11. The summed E-state index contributed by atoms with van der Waals surface area (Å²) in [6, 6.07) is 1.55. The molecule has 0 amide bonds. The first-order valence-corrected chi connectivity index (χ1v) is 6.15. The molecule has 1 atom stereocenters. The van der Waals surface area contributed by atoms with Crippen LogP contribution in [0.25, 0.3) is 0 Å². The highest BCUT2D eigenvalue weighted by Gasteiger charge is 2.18. The number of carbonyl (C=O) groups excluding carboxylic acids is 1. The van der Waals surface area contributed by atoms with Crippen molar-refractivity contribution >= 4 is 23.1 Å². The molecule has 0 fully saturated rings. The molecule has 18 heavy (non-hydrogen) atoms. The zero-order chi connectivity index (χ0) is 13.7. The Balaban J connectivity index is 2.69. The van der Waals surface area contributed by atoms with E-state index in [0.29, 0.717) is 0 Å². The number of carbonyl (C=O) groups is 2. The second-order valence-electron chi connectivity index (χ2n) is 3.86. The van der Waals surface area contributed by atoms with Gasteiger partial charge in [-0.25, -0.2) is 4.79 Å². The van der Waals surface area contributed by atoms with E-state index < -0.39 is 12.1 Å². The maximum Gasteiger partial charge on any atom is 0.349 e. The molecular formula is C12H15NO4S. The van der Waals surface area contributed by atoms with E-state index in [1.54, 1.807) is 43.6 Å². The first-order chi connectivity index (χ1) is 8.41. The van der Waals surface area contributed by atoms with E-state index in [1.807, 2.05) is 0 Å². The van der Waals surface area contributed by atoms with Gasteiger partial charge in [-0.2, -0.15) is 0 Å². The van der Waals surface area contributed by atoms with Crippen molar-refractivity contribution in [2.45, 2.75) is 13.0 Å². The smallest absolute Gasteiger partial charge is 0.349 e. The van der Waals surface area contributed by atoms with Gasteiger partial charge >= 0.3 is 5.97 Å². The number of aromatic carboxylic acids is 1. The van der Waals surface area contributed by atoms with E-state index in [2.05, 4.69) is 0 Å². The van der Waals surface area contributed by atoms with E-state index in [4.69, 9.17) is 9.84 Å². The summed E-state index contributed by atoms with van der Waals surface area (Å²) in [5.41, 5.74) is 0. The highest BCUT2D eigenvalue weighted by Crippen LogP contribution is 2.25. The molecule has 1 unspecified atom stereocenters. The highest BCUT2D eigenvalue weighted by molar-refractivity contribution is 7.12. The third kappa shape index (κ3) is 3.89. The molecule has 0 aliphatic heterocycles. The van der Waals surface area contributed by atoms with E-state index in [0.717, 1.165) is 11.3 Å². The number of hydrogen-bond acceptors (Lipinski definition) is 5. The summed E-state index contributed by atoms with van der Waals surface area (Å²) in [5, 5.41) is 10.5. The maximum atomic E-state index is 11.7. The lowest BCUT2D eigenvalue weighted by molar-refractivity contribution is -0.120. The summed E-state index contributed by atoms with van der Waals surface area (Å²) >= 11 is 1.07.